The number of rotatable bonds is 4. The first-order chi connectivity index (χ1) is 11.6. The Morgan fingerprint density at radius 1 is 1.17 bits per heavy atom. The molecule has 3 aromatic rings. The zero-order valence-corrected chi connectivity index (χ0v) is 14.1. The maximum absolute atomic E-state index is 14.4. The van der Waals surface area contributed by atoms with Crippen molar-refractivity contribution < 1.29 is 13.9 Å². The van der Waals surface area contributed by atoms with Crippen LogP contribution in [0.15, 0.2) is 52.3 Å². The van der Waals surface area contributed by atoms with Crippen LogP contribution in [0.5, 0.6) is 0 Å². The Labute approximate surface area is 143 Å². The summed E-state index contributed by atoms with van der Waals surface area (Å²) >= 11 is 1.32. The molecule has 24 heavy (non-hydrogen) atoms. The highest BCUT2D eigenvalue weighted by Crippen LogP contribution is 2.31. The highest BCUT2D eigenvalue weighted by molar-refractivity contribution is 7.99. The molecular formula is C18H15FN2O2S. The molecule has 0 saturated carbocycles. The van der Waals surface area contributed by atoms with Gasteiger partial charge in [0, 0.05) is 11.0 Å². The van der Waals surface area contributed by atoms with Gasteiger partial charge in [-0.2, -0.15) is 0 Å². The Morgan fingerprint density at radius 3 is 2.58 bits per heavy atom. The Bertz CT molecular complexity index is 900. The Hall–Kier alpha value is -2.47. The van der Waals surface area contributed by atoms with Crippen molar-refractivity contribution in [3.8, 4) is 0 Å². The number of nitrogens with zero attached hydrogens (tertiary/aromatic N) is 2. The first-order valence-electron chi connectivity index (χ1n) is 7.46. The van der Waals surface area contributed by atoms with E-state index in [0.717, 1.165) is 4.90 Å². The van der Waals surface area contributed by atoms with Gasteiger partial charge in [-0.3, -0.25) is 0 Å². The largest absolute Gasteiger partial charge is 0.461 e. The molecule has 3 rings (SSSR count). The highest BCUT2D eigenvalue weighted by Gasteiger charge is 2.16. The lowest BCUT2D eigenvalue weighted by Crippen LogP contribution is -2.11. The number of aromatic nitrogens is 2. The van der Waals surface area contributed by atoms with Crippen LogP contribution in [0.1, 0.15) is 23.1 Å². The molecule has 122 valence electrons. The number of fused-ring (bicyclic) bond motifs is 1. The van der Waals surface area contributed by atoms with Crippen LogP contribution in [-0.2, 0) is 4.74 Å². The Kier molecular flexibility index (Phi) is 4.76. The SMILES string of the molecule is CCOC(=O)c1nc2cc(F)c(Sc3ccccc3)cc2nc1C. The molecule has 0 aliphatic heterocycles. The van der Waals surface area contributed by atoms with Crippen molar-refractivity contribution in [2.45, 2.75) is 23.6 Å². The standard InChI is InChI=1S/C18H15FN2O2S/c1-3-23-18(22)17-11(2)20-15-10-16(13(19)9-14(15)21-17)24-12-7-5-4-6-8-12/h4-10H,3H2,1-2H3. The monoisotopic (exact) mass is 342 g/mol. The van der Waals surface area contributed by atoms with Gasteiger partial charge in [0.15, 0.2) is 5.69 Å². The number of benzene rings is 2. The van der Waals surface area contributed by atoms with E-state index in [4.69, 9.17) is 4.74 Å². The minimum atomic E-state index is -0.549. The fourth-order valence-electron chi connectivity index (χ4n) is 2.23. The summed E-state index contributed by atoms with van der Waals surface area (Å²) in [5.74, 6) is -0.947. The van der Waals surface area contributed by atoms with Gasteiger partial charge in [-0.05, 0) is 32.0 Å². The van der Waals surface area contributed by atoms with Gasteiger partial charge >= 0.3 is 5.97 Å². The third-order valence-electron chi connectivity index (χ3n) is 3.33. The third-order valence-corrected chi connectivity index (χ3v) is 4.37. The first-order valence-corrected chi connectivity index (χ1v) is 8.28. The fourth-order valence-corrected chi connectivity index (χ4v) is 3.11. The quantitative estimate of drug-likeness (QED) is 0.658. The summed E-state index contributed by atoms with van der Waals surface area (Å²) in [5, 5.41) is 0. The second-order valence-corrected chi connectivity index (χ2v) is 6.18. The Balaban J connectivity index is 2.02. The fraction of sp³-hybridized carbons (Fsp3) is 0.167. The number of hydrogen-bond acceptors (Lipinski definition) is 5. The summed E-state index contributed by atoms with van der Waals surface area (Å²) in [6.45, 7) is 3.65. The lowest BCUT2D eigenvalue weighted by atomic mass is 10.2. The molecule has 1 heterocycles. The minimum Gasteiger partial charge on any atom is -0.461 e. The molecule has 0 bridgehead atoms. The van der Waals surface area contributed by atoms with Gasteiger partial charge in [-0.15, -0.1) is 0 Å². The van der Waals surface area contributed by atoms with Gasteiger partial charge in [0.25, 0.3) is 0 Å². The van der Waals surface area contributed by atoms with E-state index in [-0.39, 0.29) is 12.3 Å². The van der Waals surface area contributed by atoms with Crippen LogP contribution in [0.2, 0.25) is 0 Å². The number of esters is 1. The molecule has 0 aliphatic rings. The number of ether oxygens (including phenoxy) is 1. The number of hydrogen-bond donors (Lipinski definition) is 0. The topological polar surface area (TPSA) is 52.1 Å². The normalized spacial score (nSPS) is 10.8. The Morgan fingerprint density at radius 2 is 1.88 bits per heavy atom. The van der Waals surface area contributed by atoms with Crippen molar-refractivity contribution in [1.29, 1.82) is 0 Å². The molecule has 6 heteroatoms. The average Bonchev–Trinajstić information content (AvgIpc) is 2.57. The van der Waals surface area contributed by atoms with E-state index in [9.17, 15) is 9.18 Å². The summed E-state index contributed by atoms with van der Waals surface area (Å²) in [7, 11) is 0. The van der Waals surface area contributed by atoms with Crippen LogP contribution in [0, 0.1) is 12.7 Å². The van der Waals surface area contributed by atoms with Crippen LogP contribution >= 0.6 is 11.8 Å². The lowest BCUT2D eigenvalue weighted by molar-refractivity contribution is 0.0518. The van der Waals surface area contributed by atoms with E-state index in [1.807, 2.05) is 30.3 Å². The van der Waals surface area contributed by atoms with Crippen molar-refractivity contribution in [2.75, 3.05) is 6.61 Å². The first kappa shape index (κ1) is 16.4. The molecule has 0 N–H and O–H groups in total. The molecule has 2 aromatic carbocycles. The van der Waals surface area contributed by atoms with Crippen molar-refractivity contribution in [3.63, 3.8) is 0 Å². The van der Waals surface area contributed by atoms with Crippen molar-refractivity contribution in [3.05, 3.63) is 59.7 Å². The highest BCUT2D eigenvalue weighted by atomic mass is 32.2. The van der Waals surface area contributed by atoms with Gasteiger partial charge < -0.3 is 4.74 Å². The number of carbonyl (C=O) groups excluding carboxylic acids is 1. The third kappa shape index (κ3) is 3.38. The maximum atomic E-state index is 14.4. The van der Waals surface area contributed by atoms with E-state index in [1.165, 1.54) is 17.8 Å². The van der Waals surface area contributed by atoms with Crippen LogP contribution in [-0.4, -0.2) is 22.5 Å². The smallest absolute Gasteiger partial charge is 0.358 e. The molecule has 0 aliphatic carbocycles. The van der Waals surface area contributed by atoms with E-state index in [2.05, 4.69) is 9.97 Å². The molecule has 0 unspecified atom stereocenters. The summed E-state index contributed by atoms with van der Waals surface area (Å²) in [6.07, 6.45) is 0. The molecule has 0 radical (unpaired) electrons. The lowest BCUT2D eigenvalue weighted by Gasteiger charge is -2.08. The van der Waals surface area contributed by atoms with Crippen molar-refractivity contribution in [2.24, 2.45) is 0 Å². The second kappa shape index (κ2) is 6.97. The van der Waals surface area contributed by atoms with Gasteiger partial charge in [0.1, 0.15) is 5.82 Å². The molecule has 0 atom stereocenters. The average molecular weight is 342 g/mol. The summed E-state index contributed by atoms with van der Waals surface area (Å²) in [4.78, 5) is 21.9. The van der Waals surface area contributed by atoms with E-state index >= 15 is 0 Å². The van der Waals surface area contributed by atoms with Crippen molar-refractivity contribution >= 4 is 28.8 Å². The number of halogens is 1. The van der Waals surface area contributed by atoms with Gasteiger partial charge in [-0.25, -0.2) is 19.2 Å². The van der Waals surface area contributed by atoms with E-state index in [0.29, 0.717) is 21.6 Å². The zero-order valence-electron chi connectivity index (χ0n) is 13.2. The maximum Gasteiger partial charge on any atom is 0.358 e. The molecule has 0 amide bonds. The van der Waals surface area contributed by atoms with Crippen LogP contribution < -0.4 is 0 Å². The molecule has 1 aromatic heterocycles. The molecule has 0 spiro atoms. The predicted molar refractivity (Wildman–Crippen MR) is 90.8 cm³/mol. The summed E-state index contributed by atoms with van der Waals surface area (Å²) < 4.78 is 19.3. The van der Waals surface area contributed by atoms with Gasteiger partial charge in [0.05, 0.1) is 28.2 Å². The minimum absolute atomic E-state index is 0.118. The number of carbonyl (C=O) groups is 1. The van der Waals surface area contributed by atoms with Crippen LogP contribution in [0.3, 0.4) is 0 Å². The van der Waals surface area contributed by atoms with Crippen LogP contribution in [0.4, 0.5) is 4.39 Å². The van der Waals surface area contributed by atoms with Crippen LogP contribution in [0.25, 0.3) is 11.0 Å². The molecule has 0 saturated heterocycles. The van der Waals surface area contributed by atoms with E-state index < -0.39 is 11.8 Å². The van der Waals surface area contributed by atoms with Gasteiger partial charge in [0.2, 0.25) is 0 Å². The zero-order chi connectivity index (χ0) is 17.1. The molecular weight excluding hydrogens is 327 g/mol. The van der Waals surface area contributed by atoms with Gasteiger partial charge in [-0.1, -0.05) is 30.0 Å². The summed E-state index contributed by atoms with van der Waals surface area (Å²) in [6, 6.07) is 12.5. The molecule has 0 fully saturated rings. The van der Waals surface area contributed by atoms with Crippen molar-refractivity contribution in [1.82, 2.24) is 9.97 Å². The molecule has 4 nitrogen and oxygen atoms in total. The summed E-state index contributed by atoms with van der Waals surface area (Å²) in [5.41, 5.74) is 1.45. The van der Waals surface area contributed by atoms with E-state index in [1.54, 1.807) is 19.9 Å². The number of aryl methyl sites for hydroxylation is 1. The second-order valence-electron chi connectivity index (χ2n) is 5.06. The predicted octanol–water partition coefficient (Wildman–Crippen LogP) is 4.41.